The first-order valence-corrected chi connectivity index (χ1v) is 9.56. The summed E-state index contributed by atoms with van der Waals surface area (Å²) in [5.74, 6) is -0.323. The van der Waals surface area contributed by atoms with Gasteiger partial charge in [0.05, 0.1) is 17.3 Å². The minimum absolute atomic E-state index is 0.0114. The van der Waals surface area contributed by atoms with Gasteiger partial charge in [0.15, 0.2) is 4.80 Å². The van der Waals surface area contributed by atoms with E-state index in [9.17, 15) is 9.59 Å². The Hall–Kier alpha value is -2.73. The van der Waals surface area contributed by atoms with Crippen LogP contribution in [0, 0.1) is 6.92 Å². The number of ether oxygens (including phenoxy) is 1. The average molecular weight is 382 g/mol. The number of esters is 1. The lowest BCUT2D eigenvalue weighted by Gasteiger charge is -2.06. The number of aromatic nitrogens is 1. The molecule has 0 fully saturated rings. The molecule has 3 rings (SSSR count). The maximum absolute atomic E-state index is 12.6. The number of fused-ring (bicyclic) bond motifs is 1. The van der Waals surface area contributed by atoms with E-state index in [1.807, 2.05) is 31.2 Å². The molecule has 1 heterocycles. The number of thiazole rings is 1. The molecule has 0 aliphatic carbocycles. The molecule has 0 aliphatic rings. The van der Waals surface area contributed by atoms with Crippen molar-refractivity contribution in [3.05, 3.63) is 64.0 Å². The second-order valence-electron chi connectivity index (χ2n) is 6.71. The topological polar surface area (TPSA) is 60.7 Å². The third-order valence-electron chi connectivity index (χ3n) is 4.38. The van der Waals surface area contributed by atoms with E-state index in [1.54, 1.807) is 16.7 Å². The summed E-state index contributed by atoms with van der Waals surface area (Å²) in [7, 11) is 1.35. The van der Waals surface area contributed by atoms with E-state index in [0.29, 0.717) is 16.3 Å². The molecular weight excluding hydrogens is 360 g/mol. The summed E-state index contributed by atoms with van der Waals surface area (Å²) in [4.78, 5) is 29.3. The van der Waals surface area contributed by atoms with Crippen LogP contribution in [0.4, 0.5) is 0 Å². The lowest BCUT2D eigenvalue weighted by molar-refractivity contribution is -0.141. The first-order valence-electron chi connectivity index (χ1n) is 8.75. The molecule has 1 aromatic heterocycles. The summed E-state index contributed by atoms with van der Waals surface area (Å²) in [6.07, 6.45) is 0. The van der Waals surface area contributed by atoms with Crippen molar-refractivity contribution in [1.82, 2.24) is 4.57 Å². The standard InChI is InChI=1S/C21H22N2O3S/c1-13(2)16-9-10-17-18(11-16)27-21(23(17)12-19(24)26-4)22-20(25)15-7-5-14(3)6-8-15/h5-11,13H,12H2,1-4H3. The number of carbonyl (C=O) groups excluding carboxylic acids is 2. The second-order valence-corrected chi connectivity index (χ2v) is 7.72. The SMILES string of the molecule is COC(=O)Cn1c(=NC(=O)c2ccc(C)cc2)sc2cc(C(C)C)ccc21. The maximum Gasteiger partial charge on any atom is 0.325 e. The number of rotatable bonds is 4. The van der Waals surface area contributed by atoms with Crippen molar-refractivity contribution < 1.29 is 14.3 Å². The lowest BCUT2D eigenvalue weighted by Crippen LogP contribution is -2.22. The monoisotopic (exact) mass is 382 g/mol. The highest BCUT2D eigenvalue weighted by Gasteiger charge is 2.13. The molecule has 0 atom stereocenters. The third kappa shape index (κ3) is 4.17. The van der Waals surface area contributed by atoms with Gasteiger partial charge in [-0.05, 0) is 42.7 Å². The van der Waals surface area contributed by atoms with E-state index >= 15 is 0 Å². The molecule has 2 aromatic carbocycles. The van der Waals surface area contributed by atoms with E-state index in [1.165, 1.54) is 24.0 Å². The van der Waals surface area contributed by atoms with Crippen molar-refractivity contribution in [3.8, 4) is 0 Å². The molecule has 0 aliphatic heterocycles. The molecule has 1 amide bonds. The van der Waals surface area contributed by atoms with Crippen LogP contribution in [0.3, 0.4) is 0 Å². The van der Waals surface area contributed by atoms with Crippen LogP contribution in [0.25, 0.3) is 10.2 Å². The highest BCUT2D eigenvalue weighted by Crippen LogP contribution is 2.23. The van der Waals surface area contributed by atoms with Crippen molar-refractivity contribution in [2.24, 2.45) is 4.99 Å². The molecule has 0 spiro atoms. The summed E-state index contributed by atoms with van der Waals surface area (Å²) in [5.41, 5.74) is 3.66. The highest BCUT2D eigenvalue weighted by atomic mass is 32.1. The van der Waals surface area contributed by atoms with Gasteiger partial charge in [0.1, 0.15) is 6.54 Å². The minimum atomic E-state index is -0.383. The predicted molar refractivity (Wildman–Crippen MR) is 107 cm³/mol. The Kier molecular flexibility index (Phi) is 5.56. The van der Waals surface area contributed by atoms with Crippen molar-refractivity contribution in [2.45, 2.75) is 33.2 Å². The number of hydrogen-bond acceptors (Lipinski definition) is 4. The molecule has 5 nitrogen and oxygen atoms in total. The number of amides is 1. The van der Waals surface area contributed by atoms with E-state index in [2.05, 4.69) is 24.9 Å². The van der Waals surface area contributed by atoms with Crippen LogP contribution in [0.1, 0.15) is 41.3 Å². The van der Waals surface area contributed by atoms with Crippen LogP contribution in [0.2, 0.25) is 0 Å². The smallest absolute Gasteiger partial charge is 0.325 e. The van der Waals surface area contributed by atoms with Gasteiger partial charge in [-0.25, -0.2) is 0 Å². The van der Waals surface area contributed by atoms with Crippen LogP contribution >= 0.6 is 11.3 Å². The molecule has 0 radical (unpaired) electrons. The van der Waals surface area contributed by atoms with Crippen LogP contribution < -0.4 is 4.80 Å². The summed E-state index contributed by atoms with van der Waals surface area (Å²) in [6.45, 7) is 6.23. The third-order valence-corrected chi connectivity index (χ3v) is 5.43. The zero-order valence-electron chi connectivity index (χ0n) is 15.9. The fourth-order valence-corrected chi connectivity index (χ4v) is 3.80. The van der Waals surface area contributed by atoms with Gasteiger partial charge < -0.3 is 9.30 Å². The van der Waals surface area contributed by atoms with E-state index < -0.39 is 0 Å². The molecule has 3 aromatic rings. The molecule has 0 bridgehead atoms. The van der Waals surface area contributed by atoms with E-state index in [0.717, 1.165) is 15.8 Å². The molecule has 6 heteroatoms. The van der Waals surface area contributed by atoms with E-state index in [-0.39, 0.29) is 18.4 Å². The van der Waals surface area contributed by atoms with Gasteiger partial charge in [0.2, 0.25) is 0 Å². The Labute approximate surface area is 161 Å². The fraction of sp³-hybridized carbons (Fsp3) is 0.286. The maximum atomic E-state index is 12.6. The zero-order valence-corrected chi connectivity index (χ0v) is 16.7. The lowest BCUT2D eigenvalue weighted by atomic mass is 10.0. The van der Waals surface area contributed by atoms with Crippen LogP contribution in [0.5, 0.6) is 0 Å². The normalized spacial score (nSPS) is 12.0. The number of benzene rings is 2. The summed E-state index contributed by atoms with van der Waals surface area (Å²) < 4.78 is 7.54. The van der Waals surface area contributed by atoms with Crippen LogP contribution in [-0.4, -0.2) is 23.6 Å². The Morgan fingerprint density at radius 1 is 1.15 bits per heavy atom. The van der Waals surface area contributed by atoms with Crippen molar-refractivity contribution in [2.75, 3.05) is 7.11 Å². The summed E-state index contributed by atoms with van der Waals surface area (Å²) in [6, 6.07) is 13.4. The summed E-state index contributed by atoms with van der Waals surface area (Å²) >= 11 is 1.40. The van der Waals surface area contributed by atoms with E-state index in [4.69, 9.17) is 4.74 Å². The van der Waals surface area contributed by atoms with Crippen molar-refractivity contribution in [3.63, 3.8) is 0 Å². The molecular formula is C21H22N2O3S. The number of aryl methyl sites for hydroxylation is 1. The van der Waals surface area contributed by atoms with Gasteiger partial charge in [-0.3, -0.25) is 9.59 Å². The number of nitrogens with zero attached hydrogens (tertiary/aromatic N) is 2. The van der Waals surface area contributed by atoms with Crippen molar-refractivity contribution >= 4 is 33.4 Å². The number of hydrogen-bond donors (Lipinski definition) is 0. The van der Waals surface area contributed by atoms with Gasteiger partial charge in [-0.1, -0.05) is 48.9 Å². The summed E-state index contributed by atoms with van der Waals surface area (Å²) in [5, 5.41) is 0. The molecule has 140 valence electrons. The zero-order chi connectivity index (χ0) is 19.6. The predicted octanol–water partition coefficient (Wildman–Crippen LogP) is 4.05. The van der Waals surface area contributed by atoms with Crippen molar-refractivity contribution in [1.29, 1.82) is 0 Å². The molecule has 27 heavy (non-hydrogen) atoms. The largest absolute Gasteiger partial charge is 0.468 e. The Morgan fingerprint density at radius 2 is 1.85 bits per heavy atom. The molecule has 0 saturated carbocycles. The molecule has 0 N–H and O–H groups in total. The molecule has 0 unspecified atom stereocenters. The van der Waals surface area contributed by atoms with Gasteiger partial charge in [-0.15, -0.1) is 0 Å². The highest BCUT2D eigenvalue weighted by molar-refractivity contribution is 7.16. The van der Waals surface area contributed by atoms with Gasteiger partial charge >= 0.3 is 5.97 Å². The second kappa shape index (κ2) is 7.88. The Balaban J connectivity index is 2.14. The fourth-order valence-electron chi connectivity index (χ4n) is 2.73. The van der Waals surface area contributed by atoms with Gasteiger partial charge in [0, 0.05) is 5.56 Å². The van der Waals surface area contributed by atoms with Crippen LogP contribution in [-0.2, 0) is 16.1 Å². The number of carbonyl (C=O) groups is 2. The first-order chi connectivity index (χ1) is 12.9. The first kappa shape index (κ1) is 19.0. The Bertz CT molecular complexity index is 1060. The average Bonchev–Trinajstić information content (AvgIpc) is 2.98. The van der Waals surface area contributed by atoms with Gasteiger partial charge in [0.25, 0.3) is 5.91 Å². The Morgan fingerprint density at radius 3 is 2.48 bits per heavy atom. The molecule has 0 saturated heterocycles. The minimum Gasteiger partial charge on any atom is -0.468 e. The van der Waals surface area contributed by atoms with Crippen LogP contribution in [0.15, 0.2) is 47.5 Å². The number of methoxy groups -OCH3 is 1. The quantitative estimate of drug-likeness (QED) is 0.640. The van der Waals surface area contributed by atoms with Gasteiger partial charge in [-0.2, -0.15) is 4.99 Å².